The summed E-state index contributed by atoms with van der Waals surface area (Å²) >= 11 is 0. The molecule has 2 atom stereocenters. The van der Waals surface area contributed by atoms with E-state index < -0.39 is 23.8 Å². The van der Waals surface area contributed by atoms with Crippen molar-refractivity contribution >= 4 is 23.6 Å². The minimum Gasteiger partial charge on any atom is -0.312 e. The van der Waals surface area contributed by atoms with Gasteiger partial charge in [0.1, 0.15) is 6.04 Å². The average molecular weight is 398 g/mol. The maximum absolute atomic E-state index is 12.9. The number of imide groups is 2. The Morgan fingerprint density at radius 1 is 1.10 bits per heavy atom. The molecule has 0 aromatic heterocycles. The Balaban J connectivity index is 1.44. The maximum atomic E-state index is 12.9. The van der Waals surface area contributed by atoms with Crippen LogP contribution in [0.2, 0.25) is 0 Å². The number of nitrogens with one attached hydrogen (secondary N) is 3. The highest BCUT2D eigenvalue weighted by molar-refractivity contribution is 6.23. The van der Waals surface area contributed by atoms with Crippen LogP contribution in [0.3, 0.4) is 0 Å². The minimum atomic E-state index is -0.932. The van der Waals surface area contributed by atoms with Crippen LogP contribution in [0.15, 0.2) is 18.2 Å². The first-order valence-corrected chi connectivity index (χ1v) is 10.1. The molecular weight excluding hydrogens is 372 g/mol. The standard InChI is InChI=1S/C21H26N4O4/c1-21(2)13(7-8-23-21)11-22-10-12-3-4-14-15(9-12)20(29)25(19(14)28)16-5-6-17(26)24-18(16)27/h3-4,9,13,16,22-23H,5-8,10-11H2,1-2H3,(H,24,26,27). The van der Waals surface area contributed by atoms with E-state index in [2.05, 4.69) is 29.8 Å². The normalized spacial score (nSPS) is 26.1. The van der Waals surface area contributed by atoms with Gasteiger partial charge in [0.05, 0.1) is 11.1 Å². The van der Waals surface area contributed by atoms with Gasteiger partial charge in [0.15, 0.2) is 0 Å². The molecule has 1 aromatic carbocycles. The number of hydrogen-bond donors (Lipinski definition) is 3. The van der Waals surface area contributed by atoms with Crippen LogP contribution in [0.1, 0.15) is 59.4 Å². The molecule has 1 aromatic rings. The quantitative estimate of drug-likeness (QED) is 0.626. The molecule has 3 N–H and O–H groups in total. The highest BCUT2D eigenvalue weighted by Gasteiger charge is 2.44. The molecule has 0 saturated carbocycles. The molecule has 0 aliphatic carbocycles. The Morgan fingerprint density at radius 3 is 2.55 bits per heavy atom. The molecule has 3 aliphatic heterocycles. The van der Waals surface area contributed by atoms with Crippen LogP contribution < -0.4 is 16.0 Å². The van der Waals surface area contributed by atoms with Crippen LogP contribution >= 0.6 is 0 Å². The largest absolute Gasteiger partial charge is 0.312 e. The molecule has 0 bridgehead atoms. The van der Waals surface area contributed by atoms with Crippen molar-refractivity contribution in [3.8, 4) is 0 Å². The van der Waals surface area contributed by atoms with Crippen LogP contribution in [-0.4, -0.2) is 53.2 Å². The van der Waals surface area contributed by atoms with Crippen molar-refractivity contribution in [3.63, 3.8) is 0 Å². The number of amides is 4. The second-order valence-electron chi connectivity index (χ2n) is 8.59. The predicted molar refractivity (Wildman–Crippen MR) is 105 cm³/mol. The van der Waals surface area contributed by atoms with Crippen molar-refractivity contribution < 1.29 is 19.2 Å². The third-order valence-electron chi connectivity index (χ3n) is 6.32. The second kappa shape index (κ2) is 7.35. The predicted octanol–water partition coefficient (Wildman–Crippen LogP) is 0.566. The van der Waals surface area contributed by atoms with E-state index in [0.717, 1.165) is 30.0 Å². The molecule has 3 aliphatic rings. The fourth-order valence-electron chi connectivity index (χ4n) is 4.45. The molecule has 8 nitrogen and oxygen atoms in total. The number of nitrogens with zero attached hydrogens (tertiary/aromatic N) is 1. The van der Waals surface area contributed by atoms with Gasteiger partial charge in [-0.15, -0.1) is 0 Å². The van der Waals surface area contributed by atoms with Gasteiger partial charge in [-0.1, -0.05) is 6.07 Å². The molecule has 3 heterocycles. The Hall–Kier alpha value is -2.58. The number of fused-ring (bicyclic) bond motifs is 1. The monoisotopic (exact) mass is 398 g/mol. The van der Waals surface area contributed by atoms with Gasteiger partial charge in [-0.05, 0) is 56.8 Å². The van der Waals surface area contributed by atoms with E-state index in [1.807, 2.05) is 6.07 Å². The summed E-state index contributed by atoms with van der Waals surface area (Å²) in [5, 5.41) is 9.16. The van der Waals surface area contributed by atoms with Gasteiger partial charge in [-0.3, -0.25) is 29.4 Å². The van der Waals surface area contributed by atoms with Crippen LogP contribution in [0.5, 0.6) is 0 Å². The van der Waals surface area contributed by atoms with Gasteiger partial charge < -0.3 is 10.6 Å². The summed E-state index contributed by atoms with van der Waals surface area (Å²) in [5.74, 6) is -1.38. The number of piperidine rings is 1. The first-order chi connectivity index (χ1) is 13.8. The Morgan fingerprint density at radius 2 is 1.86 bits per heavy atom. The fourth-order valence-corrected chi connectivity index (χ4v) is 4.45. The smallest absolute Gasteiger partial charge is 0.262 e. The topological polar surface area (TPSA) is 108 Å². The maximum Gasteiger partial charge on any atom is 0.262 e. The van der Waals surface area contributed by atoms with Crippen LogP contribution in [-0.2, 0) is 16.1 Å². The first kappa shape index (κ1) is 19.7. The first-order valence-electron chi connectivity index (χ1n) is 10.1. The summed E-state index contributed by atoms with van der Waals surface area (Å²) in [7, 11) is 0. The molecule has 4 rings (SSSR count). The lowest BCUT2D eigenvalue weighted by Crippen LogP contribution is -2.54. The van der Waals surface area contributed by atoms with Gasteiger partial charge in [0.25, 0.3) is 11.8 Å². The van der Waals surface area contributed by atoms with Crippen molar-refractivity contribution in [1.29, 1.82) is 0 Å². The third kappa shape index (κ3) is 3.58. The molecule has 8 heteroatoms. The van der Waals surface area contributed by atoms with E-state index in [4.69, 9.17) is 0 Å². The summed E-state index contributed by atoms with van der Waals surface area (Å²) in [6.07, 6.45) is 1.40. The Labute approximate surface area is 169 Å². The molecule has 4 amide bonds. The third-order valence-corrected chi connectivity index (χ3v) is 6.32. The van der Waals surface area contributed by atoms with Gasteiger partial charge in [0.2, 0.25) is 11.8 Å². The minimum absolute atomic E-state index is 0.107. The highest BCUT2D eigenvalue weighted by atomic mass is 16.2. The summed E-state index contributed by atoms with van der Waals surface area (Å²) < 4.78 is 0. The Bertz CT molecular complexity index is 895. The number of hydrogen-bond acceptors (Lipinski definition) is 6. The number of carbonyl (C=O) groups excluding carboxylic acids is 4. The molecule has 0 spiro atoms. The Kier molecular flexibility index (Phi) is 5.00. The number of carbonyl (C=O) groups is 4. The zero-order valence-corrected chi connectivity index (χ0v) is 16.7. The molecule has 2 unspecified atom stereocenters. The highest BCUT2D eigenvalue weighted by Crippen LogP contribution is 2.29. The van der Waals surface area contributed by atoms with E-state index in [9.17, 15) is 19.2 Å². The zero-order valence-electron chi connectivity index (χ0n) is 16.7. The van der Waals surface area contributed by atoms with Crippen LogP contribution in [0, 0.1) is 5.92 Å². The van der Waals surface area contributed by atoms with E-state index in [-0.39, 0.29) is 24.3 Å². The zero-order chi connectivity index (χ0) is 20.8. The van der Waals surface area contributed by atoms with Crippen molar-refractivity contribution in [2.45, 2.75) is 51.2 Å². The lowest BCUT2D eigenvalue weighted by Gasteiger charge is -2.27. The van der Waals surface area contributed by atoms with Gasteiger partial charge in [-0.25, -0.2) is 0 Å². The number of benzene rings is 1. The average Bonchev–Trinajstić information content (AvgIpc) is 3.12. The van der Waals surface area contributed by atoms with Crippen LogP contribution in [0.4, 0.5) is 0 Å². The summed E-state index contributed by atoms with van der Waals surface area (Å²) in [5.41, 5.74) is 1.65. The lowest BCUT2D eigenvalue weighted by molar-refractivity contribution is -0.136. The van der Waals surface area contributed by atoms with Gasteiger partial charge in [-0.2, -0.15) is 0 Å². The molecule has 0 radical (unpaired) electrons. The fraction of sp³-hybridized carbons (Fsp3) is 0.524. The molecule has 2 saturated heterocycles. The van der Waals surface area contributed by atoms with E-state index >= 15 is 0 Å². The summed E-state index contributed by atoms with van der Waals surface area (Å²) in [6, 6.07) is 4.29. The lowest BCUT2D eigenvalue weighted by atomic mass is 9.89. The summed E-state index contributed by atoms with van der Waals surface area (Å²) in [4.78, 5) is 50.1. The number of rotatable bonds is 5. The van der Waals surface area contributed by atoms with Crippen LogP contribution in [0.25, 0.3) is 0 Å². The van der Waals surface area contributed by atoms with E-state index in [1.54, 1.807) is 12.1 Å². The van der Waals surface area contributed by atoms with E-state index in [1.165, 1.54) is 0 Å². The van der Waals surface area contributed by atoms with Crippen molar-refractivity contribution in [3.05, 3.63) is 34.9 Å². The molecule has 154 valence electrons. The van der Waals surface area contributed by atoms with Gasteiger partial charge >= 0.3 is 0 Å². The van der Waals surface area contributed by atoms with E-state index in [0.29, 0.717) is 23.6 Å². The second-order valence-corrected chi connectivity index (χ2v) is 8.59. The SMILES string of the molecule is CC1(C)NCCC1CNCc1ccc2c(c1)C(=O)N(C1CCC(=O)NC1=O)C2=O. The molecular formula is C21H26N4O4. The van der Waals surface area contributed by atoms with Crippen molar-refractivity contribution in [1.82, 2.24) is 20.9 Å². The molecule has 29 heavy (non-hydrogen) atoms. The van der Waals surface area contributed by atoms with Gasteiger partial charge in [0, 0.05) is 25.0 Å². The van der Waals surface area contributed by atoms with Crippen molar-refractivity contribution in [2.24, 2.45) is 5.92 Å². The molecule has 2 fully saturated rings. The van der Waals surface area contributed by atoms with Crippen molar-refractivity contribution in [2.75, 3.05) is 13.1 Å². The summed E-state index contributed by atoms with van der Waals surface area (Å²) in [6.45, 7) is 6.89.